The first-order chi connectivity index (χ1) is 5.84. The second kappa shape index (κ2) is 3.70. The monoisotopic (exact) mass is 174 g/mol. The average Bonchev–Trinajstić information content (AvgIpc) is 2.89. The quantitative estimate of drug-likeness (QED) is 0.451. The molecule has 1 N–H and O–H groups in total. The Morgan fingerprint density at radius 3 is 2.58 bits per heavy atom. The van der Waals surface area contributed by atoms with E-state index in [2.05, 4.69) is 0 Å². The van der Waals surface area contributed by atoms with Crippen LogP contribution in [0.25, 0.3) is 0 Å². The van der Waals surface area contributed by atoms with Gasteiger partial charge in [0.2, 0.25) is 0 Å². The standard InChI is InChI=1S/C8H14O4/c9-8(2-1-6-3-10-6)12-5-7-4-11-7/h6-9H,1-5H2. The minimum atomic E-state index is -0.640. The van der Waals surface area contributed by atoms with E-state index in [1.807, 2.05) is 0 Å². The Balaban J connectivity index is 1.47. The van der Waals surface area contributed by atoms with Crippen molar-refractivity contribution in [2.24, 2.45) is 0 Å². The van der Waals surface area contributed by atoms with E-state index in [0.29, 0.717) is 19.1 Å². The molecule has 4 nitrogen and oxygen atoms in total. The maximum atomic E-state index is 9.27. The van der Waals surface area contributed by atoms with Crippen molar-refractivity contribution < 1.29 is 19.3 Å². The van der Waals surface area contributed by atoms with E-state index in [0.717, 1.165) is 19.6 Å². The summed E-state index contributed by atoms with van der Waals surface area (Å²) in [4.78, 5) is 0. The Labute approximate surface area is 71.4 Å². The molecule has 0 radical (unpaired) electrons. The van der Waals surface area contributed by atoms with E-state index in [4.69, 9.17) is 14.2 Å². The number of rotatable bonds is 6. The van der Waals surface area contributed by atoms with Gasteiger partial charge in [0.15, 0.2) is 6.29 Å². The van der Waals surface area contributed by atoms with Crippen LogP contribution >= 0.6 is 0 Å². The molecule has 0 bridgehead atoms. The summed E-state index contributed by atoms with van der Waals surface area (Å²) in [6.07, 6.45) is 1.53. The van der Waals surface area contributed by atoms with Crippen LogP contribution in [0.1, 0.15) is 12.8 Å². The second-order valence-electron chi connectivity index (χ2n) is 3.28. The van der Waals surface area contributed by atoms with E-state index < -0.39 is 6.29 Å². The third-order valence-corrected chi connectivity index (χ3v) is 2.01. The summed E-state index contributed by atoms with van der Waals surface area (Å²) in [5.41, 5.74) is 0. The van der Waals surface area contributed by atoms with Crippen LogP contribution in [0.3, 0.4) is 0 Å². The summed E-state index contributed by atoms with van der Waals surface area (Å²) in [6.45, 7) is 2.14. The van der Waals surface area contributed by atoms with Crippen LogP contribution in [-0.4, -0.2) is 43.4 Å². The molecule has 2 heterocycles. The van der Waals surface area contributed by atoms with Gasteiger partial charge in [-0.05, 0) is 6.42 Å². The fraction of sp³-hybridized carbons (Fsp3) is 1.00. The number of epoxide rings is 2. The molecule has 0 saturated carbocycles. The van der Waals surface area contributed by atoms with Crippen LogP contribution in [0.4, 0.5) is 0 Å². The molecule has 4 heteroatoms. The zero-order valence-electron chi connectivity index (χ0n) is 6.94. The predicted octanol–water partition coefficient (Wildman–Crippen LogP) is -0.101. The molecule has 12 heavy (non-hydrogen) atoms. The summed E-state index contributed by atoms with van der Waals surface area (Å²) < 4.78 is 15.1. The van der Waals surface area contributed by atoms with Crippen molar-refractivity contribution >= 4 is 0 Å². The van der Waals surface area contributed by atoms with E-state index in [-0.39, 0.29) is 6.10 Å². The Morgan fingerprint density at radius 1 is 1.33 bits per heavy atom. The molecule has 0 spiro atoms. The minimum Gasteiger partial charge on any atom is -0.373 e. The van der Waals surface area contributed by atoms with Crippen molar-refractivity contribution in [3.8, 4) is 0 Å². The number of ether oxygens (including phenoxy) is 3. The molecule has 0 amide bonds. The van der Waals surface area contributed by atoms with Crippen LogP contribution in [0.15, 0.2) is 0 Å². The van der Waals surface area contributed by atoms with Gasteiger partial charge >= 0.3 is 0 Å². The summed E-state index contributed by atoms with van der Waals surface area (Å²) >= 11 is 0. The third-order valence-electron chi connectivity index (χ3n) is 2.01. The van der Waals surface area contributed by atoms with Crippen LogP contribution in [0.2, 0.25) is 0 Å². The SMILES string of the molecule is OC(CCC1CO1)OCC1CO1. The van der Waals surface area contributed by atoms with Gasteiger partial charge in [0.1, 0.15) is 6.10 Å². The molecule has 0 aromatic heterocycles. The lowest BCUT2D eigenvalue weighted by atomic mass is 10.2. The Hall–Kier alpha value is -0.160. The molecule has 2 saturated heterocycles. The van der Waals surface area contributed by atoms with Gasteiger partial charge in [0.05, 0.1) is 25.9 Å². The smallest absolute Gasteiger partial charge is 0.154 e. The van der Waals surface area contributed by atoms with E-state index >= 15 is 0 Å². The van der Waals surface area contributed by atoms with Crippen molar-refractivity contribution in [1.82, 2.24) is 0 Å². The molecule has 0 aromatic rings. The Kier molecular flexibility index (Phi) is 2.60. The molecule has 2 fully saturated rings. The average molecular weight is 174 g/mol. The molecule has 2 rings (SSSR count). The highest BCUT2D eigenvalue weighted by Crippen LogP contribution is 2.17. The van der Waals surface area contributed by atoms with E-state index in [9.17, 15) is 5.11 Å². The fourth-order valence-electron chi connectivity index (χ4n) is 1.03. The van der Waals surface area contributed by atoms with Gasteiger partial charge in [-0.25, -0.2) is 0 Å². The molecule has 2 aliphatic heterocycles. The van der Waals surface area contributed by atoms with Crippen molar-refractivity contribution in [2.75, 3.05) is 19.8 Å². The molecule has 2 aliphatic rings. The lowest BCUT2D eigenvalue weighted by Crippen LogP contribution is -2.16. The summed E-state index contributed by atoms with van der Waals surface area (Å²) in [7, 11) is 0. The summed E-state index contributed by atoms with van der Waals surface area (Å²) in [5.74, 6) is 0. The maximum absolute atomic E-state index is 9.27. The van der Waals surface area contributed by atoms with Crippen LogP contribution in [0, 0.1) is 0 Å². The van der Waals surface area contributed by atoms with Crippen molar-refractivity contribution in [3.63, 3.8) is 0 Å². The molecule has 3 unspecified atom stereocenters. The van der Waals surface area contributed by atoms with Crippen LogP contribution < -0.4 is 0 Å². The molecule has 0 aromatic carbocycles. The zero-order chi connectivity index (χ0) is 8.39. The first-order valence-electron chi connectivity index (χ1n) is 4.37. The van der Waals surface area contributed by atoms with Gasteiger partial charge in [-0.1, -0.05) is 0 Å². The lowest BCUT2D eigenvalue weighted by Gasteiger charge is -2.09. The van der Waals surface area contributed by atoms with E-state index in [1.54, 1.807) is 0 Å². The highest BCUT2D eigenvalue weighted by molar-refractivity contribution is 4.70. The lowest BCUT2D eigenvalue weighted by molar-refractivity contribution is -0.108. The fourth-order valence-corrected chi connectivity index (χ4v) is 1.03. The molecule has 0 aliphatic carbocycles. The van der Waals surface area contributed by atoms with Gasteiger partial charge in [-0.15, -0.1) is 0 Å². The largest absolute Gasteiger partial charge is 0.373 e. The van der Waals surface area contributed by atoms with Crippen LogP contribution in [-0.2, 0) is 14.2 Å². The number of aliphatic hydroxyl groups is 1. The highest BCUT2D eigenvalue weighted by atomic mass is 16.6. The zero-order valence-corrected chi connectivity index (χ0v) is 6.94. The predicted molar refractivity (Wildman–Crippen MR) is 40.7 cm³/mol. The summed E-state index contributed by atoms with van der Waals surface area (Å²) in [5, 5.41) is 9.27. The number of aliphatic hydroxyl groups excluding tert-OH is 1. The van der Waals surface area contributed by atoms with Gasteiger partial charge < -0.3 is 19.3 Å². The molecule has 3 atom stereocenters. The molecule has 70 valence electrons. The first kappa shape index (κ1) is 8.44. The Morgan fingerprint density at radius 2 is 2.00 bits per heavy atom. The number of hydrogen-bond acceptors (Lipinski definition) is 4. The van der Waals surface area contributed by atoms with Crippen molar-refractivity contribution in [1.29, 1.82) is 0 Å². The third kappa shape index (κ3) is 3.06. The normalized spacial score (nSPS) is 34.8. The minimum absolute atomic E-state index is 0.233. The summed E-state index contributed by atoms with van der Waals surface area (Å²) in [6, 6.07) is 0. The molecular weight excluding hydrogens is 160 g/mol. The van der Waals surface area contributed by atoms with Gasteiger partial charge in [-0.2, -0.15) is 0 Å². The first-order valence-corrected chi connectivity index (χ1v) is 4.37. The maximum Gasteiger partial charge on any atom is 0.154 e. The van der Waals surface area contributed by atoms with Crippen LogP contribution in [0.5, 0.6) is 0 Å². The van der Waals surface area contributed by atoms with Gasteiger partial charge in [-0.3, -0.25) is 0 Å². The number of hydrogen-bond donors (Lipinski definition) is 1. The van der Waals surface area contributed by atoms with Gasteiger partial charge in [0, 0.05) is 6.42 Å². The molecular formula is C8H14O4. The van der Waals surface area contributed by atoms with Gasteiger partial charge in [0.25, 0.3) is 0 Å². The highest BCUT2D eigenvalue weighted by Gasteiger charge is 2.26. The topological polar surface area (TPSA) is 54.5 Å². The van der Waals surface area contributed by atoms with E-state index in [1.165, 1.54) is 0 Å². The Bertz CT molecular complexity index is 126. The second-order valence-corrected chi connectivity index (χ2v) is 3.28. The van der Waals surface area contributed by atoms with Crippen molar-refractivity contribution in [2.45, 2.75) is 31.3 Å². The van der Waals surface area contributed by atoms with Crippen molar-refractivity contribution in [3.05, 3.63) is 0 Å².